The first-order valence-electron chi connectivity index (χ1n) is 15.6. The SMILES string of the molecule is CCN1C(=O)[C@]2(C)CC[C@H](OC)[C@@]34[C@H]1[C@@]1(OCO[C@@]15C[C@H](OC(C)=O)[C@H]1C[C@]3(OC(C)=O)[C@@H]5[C@H]1OC(C)=O)[C@@H](OC(C)=O)[C@@H]42. The number of rotatable bonds is 6. The molecule has 44 heavy (non-hydrogen) atoms. The number of carbonyl (C=O) groups is 5. The molecule has 0 unspecified atom stereocenters. The molecule has 2 saturated heterocycles. The van der Waals surface area contributed by atoms with Crippen LogP contribution in [0.4, 0.5) is 0 Å². The van der Waals surface area contributed by atoms with E-state index in [0.29, 0.717) is 19.4 Å². The molecule has 13 nitrogen and oxygen atoms in total. The molecule has 0 aromatic carbocycles. The molecule has 5 aliphatic carbocycles. The third kappa shape index (κ3) is 3.00. The van der Waals surface area contributed by atoms with Gasteiger partial charge in [0.2, 0.25) is 5.91 Å². The minimum atomic E-state index is -1.49. The van der Waals surface area contributed by atoms with Crippen molar-refractivity contribution < 1.29 is 57.1 Å². The largest absolute Gasteiger partial charge is 0.462 e. The lowest BCUT2D eigenvalue weighted by molar-refractivity contribution is -0.325. The van der Waals surface area contributed by atoms with Gasteiger partial charge < -0.3 is 38.1 Å². The fourth-order valence-corrected chi connectivity index (χ4v) is 12.1. The standard InChI is InChI=1S/C31H41NO12/c1-8-32-25-30-20(38-7)9-10-27(6,26(32)37)23(30)24(43-16(4)35)31(25)29(39-13-40-31)12-19(41-14(2)33)18-11-28(30,44-17(5)36)22(29)21(18)42-15(3)34/h18-25H,8-13H2,1-7H3/t18-,19+,20+,21+,22+,23-,24+,25+,27-,28+,29-,30-,31+/m1/s1. The number of likely N-dealkylation sites (tertiary alicyclic amines) is 1. The topological polar surface area (TPSA) is 153 Å². The van der Waals surface area contributed by atoms with Crippen LogP contribution >= 0.6 is 0 Å². The number of nitrogens with zero attached hydrogens (tertiary/aromatic N) is 1. The summed E-state index contributed by atoms with van der Waals surface area (Å²) in [4.78, 5) is 68.1. The first-order chi connectivity index (χ1) is 20.7. The lowest BCUT2D eigenvalue weighted by Crippen LogP contribution is -2.86. The molecule has 7 aliphatic rings. The number of esters is 4. The van der Waals surface area contributed by atoms with Gasteiger partial charge in [-0.05, 0) is 26.2 Å². The van der Waals surface area contributed by atoms with Gasteiger partial charge in [-0.2, -0.15) is 0 Å². The van der Waals surface area contributed by atoms with Gasteiger partial charge in [0.1, 0.15) is 36.3 Å². The normalized spacial score (nSPS) is 50.5. The van der Waals surface area contributed by atoms with Crippen molar-refractivity contribution in [2.75, 3.05) is 20.4 Å². The zero-order valence-corrected chi connectivity index (χ0v) is 26.2. The number of hydrogen-bond donors (Lipinski definition) is 0. The molecule has 0 N–H and O–H groups in total. The third-order valence-electron chi connectivity index (χ3n) is 12.5. The van der Waals surface area contributed by atoms with Crippen LogP contribution in [0.5, 0.6) is 0 Å². The molecule has 7 fully saturated rings. The molecule has 5 saturated carbocycles. The number of methoxy groups -OCH3 is 1. The molecular weight excluding hydrogens is 578 g/mol. The number of likely N-dealkylation sites (N-methyl/N-ethyl adjacent to an activating group) is 1. The van der Waals surface area contributed by atoms with Crippen LogP contribution in [0.15, 0.2) is 0 Å². The monoisotopic (exact) mass is 619 g/mol. The molecule has 2 heterocycles. The van der Waals surface area contributed by atoms with E-state index in [2.05, 4.69) is 0 Å². The van der Waals surface area contributed by atoms with E-state index < -0.39 is 99.7 Å². The van der Waals surface area contributed by atoms with Crippen molar-refractivity contribution in [1.82, 2.24) is 4.90 Å². The van der Waals surface area contributed by atoms with Crippen LogP contribution in [-0.4, -0.2) is 102 Å². The van der Waals surface area contributed by atoms with Gasteiger partial charge in [-0.25, -0.2) is 0 Å². The Morgan fingerprint density at radius 1 is 0.932 bits per heavy atom. The van der Waals surface area contributed by atoms with Gasteiger partial charge >= 0.3 is 23.9 Å². The third-order valence-corrected chi connectivity index (χ3v) is 12.5. The van der Waals surface area contributed by atoms with E-state index >= 15 is 0 Å². The van der Waals surface area contributed by atoms with E-state index in [9.17, 15) is 24.0 Å². The van der Waals surface area contributed by atoms with Crippen LogP contribution in [0.25, 0.3) is 0 Å². The molecule has 7 bridgehead atoms. The Hall–Kier alpha value is -2.77. The lowest BCUT2D eigenvalue weighted by atomic mass is 9.41. The second-order valence-electron chi connectivity index (χ2n) is 14.0. The van der Waals surface area contributed by atoms with Crippen molar-refractivity contribution in [2.24, 2.45) is 28.6 Å². The second-order valence-corrected chi connectivity index (χ2v) is 14.0. The number of carbonyl (C=O) groups excluding carboxylic acids is 5. The van der Waals surface area contributed by atoms with Gasteiger partial charge in [-0.15, -0.1) is 0 Å². The van der Waals surface area contributed by atoms with Gasteiger partial charge in [0.15, 0.2) is 5.60 Å². The summed E-state index contributed by atoms with van der Waals surface area (Å²) in [5.41, 5.74) is -6.62. The summed E-state index contributed by atoms with van der Waals surface area (Å²) in [5.74, 6) is -4.40. The number of amides is 1. The molecule has 1 amide bonds. The van der Waals surface area contributed by atoms with Crippen molar-refractivity contribution in [3.63, 3.8) is 0 Å². The summed E-state index contributed by atoms with van der Waals surface area (Å²) in [6.07, 6.45) is -2.18. The first-order valence-corrected chi connectivity index (χ1v) is 15.6. The summed E-state index contributed by atoms with van der Waals surface area (Å²) in [7, 11) is 1.60. The molecule has 3 spiro atoms. The van der Waals surface area contributed by atoms with Crippen molar-refractivity contribution in [3.8, 4) is 0 Å². The van der Waals surface area contributed by atoms with Crippen molar-refractivity contribution in [2.45, 2.75) is 114 Å². The zero-order valence-electron chi connectivity index (χ0n) is 26.2. The second kappa shape index (κ2) is 9.16. The van der Waals surface area contributed by atoms with E-state index in [4.69, 9.17) is 33.2 Å². The highest BCUT2D eigenvalue weighted by molar-refractivity contribution is 5.87. The Balaban J connectivity index is 1.65. The minimum Gasteiger partial charge on any atom is -0.462 e. The highest BCUT2D eigenvalue weighted by Crippen LogP contribution is 2.84. The van der Waals surface area contributed by atoms with Crippen molar-refractivity contribution in [3.05, 3.63) is 0 Å². The maximum atomic E-state index is 14.6. The van der Waals surface area contributed by atoms with E-state index in [0.717, 1.165) is 0 Å². The molecule has 7 rings (SSSR count). The molecule has 0 radical (unpaired) electrons. The average Bonchev–Trinajstić information content (AvgIpc) is 3.48. The predicted molar refractivity (Wildman–Crippen MR) is 145 cm³/mol. The maximum absolute atomic E-state index is 14.6. The minimum absolute atomic E-state index is 0.0971. The smallest absolute Gasteiger partial charge is 0.303 e. The van der Waals surface area contributed by atoms with Gasteiger partial charge in [-0.3, -0.25) is 24.0 Å². The van der Waals surface area contributed by atoms with E-state index in [1.807, 2.05) is 13.8 Å². The highest BCUT2D eigenvalue weighted by Gasteiger charge is 3.00. The predicted octanol–water partition coefficient (Wildman–Crippen LogP) is 1.28. The fraction of sp³-hybridized carbons (Fsp3) is 0.839. The number of hydrogen-bond acceptors (Lipinski definition) is 12. The van der Waals surface area contributed by atoms with E-state index in [1.165, 1.54) is 27.7 Å². The van der Waals surface area contributed by atoms with Crippen LogP contribution < -0.4 is 0 Å². The summed E-state index contributed by atoms with van der Waals surface area (Å²) in [6.45, 7) is 9.11. The fourth-order valence-electron chi connectivity index (χ4n) is 12.1. The lowest BCUT2D eigenvalue weighted by Gasteiger charge is -2.71. The highest BCUT2D eigenvalue weighted by atomic mass is 16.7. The van der Waals surface area contributed by atoms with Gasteiger partial charge in [0.25, 0.3) is 0 Å². The summed E-state index contributed by atoms with van der Waals surface area (Å²) >= 11 is 0. The quantitative estimate of drug-likeness (QED) is 0.311. The Bertz CT molecular complexity index is 1350. The first kappa shape index (κ1) is 29.9. The van der Waals surface area contributed by atoms with Crippen molar-refractivity contribution in [1.29, 1.82) is 0 Å². The molecular formula is C31H41NO12. The summed E-state index contributed by atoms with van der Waals surface area (Å²) < 4.78 is 45.0. The van der Waals surface area contributed by atoms with Gasteiger partial charge in [0, 0.05) is 59.6 Å². The number of piperidine rings is 1. The number of ether oxygens (including phenoxy) is 7. The van der Waals surface area contributed by atoms with Crippen LogP contribution in [0.1, 0.15) is 67.2 Å². The van der Waals surface area contributed by atoms with Crippen LogP contribution in [0.3, 0.4) is 0 Å². The Morgan fingerprint density at radius 3 is 2.20 bits per heavy atom. The zero-order chi connectivity index (χ0) is 31.8. The number of fused-ring (bicyclic) bond motifs is 1. The Morgan fingerprint density at radius 2 is 1.61 bits per heavy atom. The molecule has 0 aromatic rings. The molecule has 242 valence electrons. The Labute approximate surface area is 255 Å². The average molecular weight is 620 g/mol. The van der Waals surface area contributed by atoms with E-state index in [1.54, 1.807) is 12.0 Å². The molecule has 0 aromatic heterocycles. The molecule has 2 aliphatic heterocycles. The van der Waals surface area contributed by atoms with E-state index in [-0.39, 0.29) is 25.5 Å². The van der Waals surface area contributed by atoms with Gasteiger partial charge in [0.05, 0.1) is 28.9 Å². The molecule has 13 atom stereocenters. The maximum Gasteiger partial charge on any atom is 0.303 e. The van der Waals surface area contributed by atoms with Crippen LogP contribution in [0, 0.1) is 28.6 Å². The molecule has 13 heteroatoms. The Kier molecular flexibility index (Phi) is 6.23. The van der Waals surface area contributed by atoms with Gasteiger partial charge in [-0.1, -0.05) is 6.92 Å². The summed E-state index contributed by atoms with van der Waals surface area (Å²) in [6, 6.07) is -0.814. The van der Waals surface area contributed by atoms with Crippen molar-refractivity contribution >= 4 is 29.8 Å². The summed E-state index contributed by atoms with van der Waals surface area (Å²) in [5, 5.41) is 0. The van der Waals surface area contributed by atoms with Crippen LogP contribution in [-0.2, 0) is 57.1 Å². The van der Waals surface area contributed by atoms with Crippen LogP contribution in [0.2, 0.25) is 0 Å².